The molecule has 1 aliphatic heterocycles. The largest absolute Gasteiger partial charge is 0.379 e. The van der Waals surface area contributed by atoms with Crippen molar-refractivity contribution in [3.63, 3.8) is 0 Å². The van der Waals surface area contributed by atoms with E-state index in [1.807, 2.05) is 34.9 Å². The van der Waals surface area contributed by atoms with Crippen molar-refractivity contribution in [2.45, 2.75) is 22.2 Å². The van der Waals surface area contributed by atoms with E-state index in [1.165, 1.54) is 28.2 Å². The summed E-state index contributed by atoms with van der Waals surface area (Å²) in [4.78, 5) is 12.9. The van der Waals surface area contributed by atoms with Gasteiger partial charge in [0.1, 0.15) is 6.33 Å². The zero-order valence-corrected chi connectivity index (χ0v) is 19.1. The number of para-hydroxylation sites is 1. The maximum Gasteiger partial charge on any atom is 0.243 e. The van der Waals surface area contributed by atoms with Crippen LogP contribution in [0.25, 0.3) is 5.69 Å². The summed E-state index contributed by atoms with van der Waals surface area (Å²) < 4.78 is 33.9. The Bertz CT molecular complexity index is 1160. The first-order valence-electron chi connectivity index (χ1n) is 10.1. The summed E-state index contributed by atoms with van der Waals surface area (Å²) >= 11 is 1.29. The van der Waals surface area contributed by atoms with Crippen LogP contribution in [0.4, 0.5) is 5.69 Å². The highest BCUT2D eigenvalue weighted by molar-refractivity contribution is 8.00. The van der Waals surface area contributed by atoms with Crippen LogP contribution in [-0.2, 0) is 19.6 Å². The maximum absolute atomic E-state index is 12.7. The van der Waals surface area contributed by atoms with E-state index in [4.69, 9.17) is 4.74 Å². The number of ether oxygens (including phenoxy) is 1. The Morgan fingerprint density at radius 3 is 2.47 bits per heavy atom. The van der Waals surface area contributed by atoms with E-state index < -0.39 is 15.3 Å². The third-order valence-corrected chi connectivity index (χ3v) is 7.90. The number of morpholine rings is 1. The number of amides is 1. The van der Waals surface area contributed by atoms with Gasteiger partial charge in [0.25, 0.3) is 0 Å². The molecule has 32 heavy (non-hydrogen) atoms. The molecule has 0 radical (unpaired) electrons. The molecule has 1 aromatic heterocycles. The summed E-state index contributed by atoms with van der Waals surface area (Å²) in [6.45, 7) is 3.23. The predicted octanol–water partition coefficient (Wildman–Crippen LogP) is 2.41. The summed E-state index contributed by atoms with van der Waals surface area (Å²) in [5.74, 6) is -0.221. The third-order valence-electron chi connectivity index (χ3n) is 4.93. The molecule has 2 aromatic carbocycles. The van der Waals surface area contributed by atoms with Gasteiger partial charge >= 0.3 is 0 Å². The summed E-state index contributed by atoms with van der Waals surface area (Å²) in [7, 11) is -3.57. The van der Waals surface area contributed by atoms with Crippen molar-refractivity contribution in [2.75, 3.05) is 31.6 Å². The number of carbonyl (C=O) groups excluding carboxylic acids is 1. The van der Waals surface area contributed by atoms with Crippen molar-refractivity contribution in [1.82, 2.24) is 19.1 Å². The minimum Gasteiger partial charge on any atom is -0.379 e. The van der Waals surface area contributed by atoms with Gasteiger partial charge in [0, 0.05) is 24.5 Å². The van der Waals surface area contributed by atoms with Crippen LogP contribution in [-0.4, -0.2) is 64.9 Å². The molecule has 9 nitrogen and oxygen atoms in total. The molecule has 0 aliphatic carbocycles. The van der Waals surface area contributed by atoms with Crippen LogP contribution in [0.15, 0.2) is 71.0 Å². The zero-order chi connectivity index (χ0) is 22.6. The van der Waals surface area contributed by atoms with Crippen LogP contribution >= 0.6 is 11.8 Å². The van der Waals surface area contributed by atoms with Gasteiger partial charge in [0.05, 0.1) is 23.4 Å². The maximum atomic E-state index is 12.7. The number of sulfonamides is 1. The molecule has 0 bridgehead atoms. The molecule has 168 valence electrons. The van der Waals surface area contributed by atoms with Gasteiger partial charge < -0.3 is 10.1 Å². The minimum atomic E-state index is -3.57. The van der Waals surface area contributed by atoms with Gasteiger partial charge in [0.2, 0.25) is 15.9 Å². The van der Waals surface area contributed by atoms with E-state index in [-0.39, 0.29) is 10.8 Å². The molecule has 0 spiro atoms. The lowest BCUT2D eigenvalue weighted by molar-refractivity contribution is -0.115. The van der Waals surface area contributed by atoms with Crippen molar-refractivity contribution < 1.29 is 17.9 Å². The summed E-state index contributed by atoms with van der Waals surface area (Å²) in [6, 6.07) is 15.8. The fourth-order valence-corrected chi connectivity index (χ4v) is 5.42. The van der Waals surface area contributed by atoms with E-state index in [1.54, 1.807) is 25.4 Å². The quantitative estimate of drug-likeness (QED) is 0.525. The fourth-order valence-electron chi connectivity index (χ4n) is 3.17. The number of hydrogen-bond donors (Lipinski definition) is 1. The van der Waals surface area contributed by atoms with Gasteiger partial charge in [0.15, 0.2) is 5.16 Å². The molecule has 1 amide bonds. The summed E-state index contributed by atoms with van der Waals surface area (Å²) in [6.07, 6.45) is 1.61. The number of anilines is 1. The Morgan fingerprint density at radius 2 is 1.78 bits per heavy atom. The van der Waals surface area contributed by atoms with Crippen molar-refractivity contribution >= 4 is 33.4 Å². The highest BCUT2D eigenvalue weighted by Crippen LogP contribution is 2.25. The average molecular weight is 474 g/mol. The van der Waals surface area contributed by atoms with Crippen molar-refractivity contribution in [3.8, 4) is 5.69 Å². The Hall–Kier alpha value is -2.73. The fraction of sp³-hybridized carbons (Fsp3) is 0.286. The molecule has 1 fully saturated rings. The van der Waals surface area contributed by atoms with E-state index in [9.17, 15) is 13.2 Å². The van der Waals surface area contributed by atoms with Crippen LogP contribution in [0.1, 0.15) is 6.92 Å². The molecule has 1 unspecified atom stereocenters. The van der Waals surface area contributed by atoms with Gasteiger partial charge in [-0.15, -0.1) is 10.2 Å². The smallest absolute Gasteiger partial charge is 0.243 e. The van der Waals surface area contributed by atoms with Crippen LogP contribution in [0.3, 0.4) is 0 Å². The van der Waals surface area contributed by atoms with E-state index in [2.05, 4.69) is 15.5 Å². The molecule has 1 saturated heterocycles. The lowest BCUT2D eigenvalue weighted by Crippen LogP contribution is -2.40. The van der Waals surface area contributed by atoms with E-state index in [0.29, 0.717) is 37.1 Å². The number of benzene rings is 2. The normalized spacial score (nSPS) is 15.9. The van der Waals surface area contributed by atoms with E-state index >= 15 is 0 Å². The second-order valence-corrected chi connectivity index (χ2v) is 10.4. The standard InChI is InChI=1S/C21H23N5O4S2/c1-16(31-21-24-22-15-26(21)18-5-3-2-4-6-18)20(27)23-17-7-9-19(10-8-17)32(28,29)25-11-13-30-14-12-25/h2-10,15-16H,11-14H2,1H3,(H,23,27). The first-order valence-corrected chi connectivity index (χ1v) is 12.4. The number of nitrogens with one attached hydrogen (secondary N) is 1. The number of carbonyl (C=O) groups is 1. The number of thioether (sulfide) groups is 1. The van der Waals surface area contributed by atoms with Crippen LogP contribution in [0.5, 0.6) is 0 Å². The Kier molecular flexibility index (Phi) is 6.89. The summed E-state index contributed by atoms with van der Waals surface area (Å²) in [5, 5.41) is 11.1. The zero-order valence-electron chi connectivity index (χ0n) is 17.4. The SMILES string of the molecule is CC(Sc1nncn1-c1ccccc1)C(=O)Nc1ccc(S(=O)(=O)N2CCOCC2)cc1. The molecule has 1 atom stereocenters. The first-order chi connectivity index (χ1) is 15.4. The highest BCUT2D eigenvalue weighted by Gasteiger charge is 2.26. The molecule has 1 N–H and O–H groups in total. The summed E-state index contributed by atoms with van der Waals surface area (Å²) in [5.41, 5.74) is 1.43. The topological polar surface area (TPSA) is 106 Å². The van der Waals surface area contributed by atoms with Crippen LogP contribution in [0, 0.1) is 0 Å². The van der Waals surface area contributed by atoms with Gasteiger partial charge in [-0.25, -0.2) is 8.42 Å². The third kappa shape index (κ3) is 5.01. The molecule has 11 heteroatoms. The molecule has 0 saturated carbocycles. The number of nitrogens with zero attached hydrogens (tertiary/aromatic N) is 4. The van der Waals surface area contributed by atoms with Gasteiger partial charge in [-0.05, 0) is 43.3 Å². The molecular formula is C21H23N5O4S2. The Labute approximate surface area is 190 Å². The van der Waals surface area contributed by atoms with Crippen molar-refractivity contribution in [1.29, 1.82) is 0 Å². The number of rotatable bonds is 7. The van der Waals surface area contributed by atoms with Crippen molar-refractivity contribution in [3.05, 3.63) is 60.9 Å². The molecule has 2 heterocycles. The van der Waals surface area contributed by atoms with Crippen LogP contribution < -0.4 is 5.32 Å². The molecule has 1 aliphatic rings. The molecular weight excluding hydrogens is 450 g/mol. The minimum absolute atomic E-state index is 0.191. The van der Waals surface area contributed by atoms with Gasteiger partial charge in [-0.3, -0.25) is 9.36 Å². The average Bonchev–Trinajstić information content (AvgIpc) is 3.28. The lowest BCUT2D eigenvalue weighted by atomic mass is 10.3. The predicted molar refractivity (Wildman–Crippen MR) is 121 cm³/mol. The van der Waals surface area contributed by atoms with E-state index in [0.717, 1.165) is 5.69 Å². The lowest BCUT2D eigenvalue weighted by Gasteiger charge is -2.26. The highest BCUT2D eigenvalue weighted by atomic mass is 32.2. The molecule has 4 rings (SSSR count). The second-order valence-electron chi connectivity index (χ2n) is 7.11. The van der Waals surface area contributed by atoms with Gasteiger partial charge in [-0.2, -0.15) is 4.31 Å². The second kappa shape index (κ2) is 9.82. The monoisotopic (exact) mass is 473 g/mol. The first kappa shape index (κ1) is 22.5. The van der Waals surface area contributed by atoms with Crippen LogP contribution in [0.2, 0.25) is 0 Å². The van der Waals surface area contributed by atoms with Gasteiger partial charge in [-0.1, -0.05) is 30.0 Å². The Balaban J connectivity index is 1.40. The number of hydrogen-bond acceptors (Lipinski definition) is 7. The van der Waals surface area contributed by atoms with Crippen molar-refractivity contribution in [2.24, 2.45) is 0 Å². The number of aromatic nitrogens is 3. The Morgan fingerprint density at radius 1 is 1.09 bits per heavy atom. The molecule has 3 aromatic rings.